The van der Waals surface area contributed by atoms with Gasteiger partial charge in [-0.25, -0.2) is 13.9 Å². The average molecular weight is 565 g/mol. The Labute approximate surface area is 200 Å². The van der Waals surface area contributed by atoms with Gasteiger partial charge in [0.1, 0.15) is 36.6 Å². The number of ether oxygens (including phenoxy) is 2. The molecule has 1 aromatic rings. The van der Waals surface area contributed by atoms with Gasteiger partial charge in [0.15, 0.2) is 12.5 Å². The number of aromatic nitrogens is 2. The van der Waals surface area contributed by atoms with E-state index in [9.17, 15) is 44.3 Å². The van der Waals surface area contributed by atoms with Crippen LogP contribution in [0.4, 0.5) is 0 Å². The first kappa shape index (κ1) is 29.2. The molecule has 2 aliphatic heterocycles. The Morgan fingerprint density at radius 1 is 1.03 bits per heavy atom. The van der Waals surface area contributed by atoms with Crippen molar-refractivity contribution in [1.82, 2.24) is 9.55 Å². The van der Waals surface area contributed by atoms with E-state index in [0.717, 1.165) is 16.8 Å². The molecule has 0 spiro atoms. The highest BCUT2D eigenvalue weighted by Gasteiger charge is 2.50. The first-order chi connectivity index (χ1) is 16.7. The van der Waals surface area contributed by atoms with Gasteiger partial charge in [0.25, 0.3) is 5.56 Å². The van der Waals surface area contributed by atoms with Gasteiger partial charge in [0.2, 0.25) is 0 Å². The van der Waals surface area contributed by atoms with Crippen molar-refractivity contribution in [2.45, 2.75) is 55.2 Å². The maximum absolute atomic E-state index is 13.0. The summed E-state index contributed by atoms with van der Waals surface area (Å²) in [7, 11) is -11.0. The van der Waals surface area contributed by atoms with Crippen LogP contribution in [0, 0.1) is 0 Å². The van der Waals surface area contributed by atoms with Crippen molar-refractivity contribution >= 4 is 15.6 Å². The number of nitrogens with one attached hydrogen (secondary N) is 1. The predicted octanol–water partition coefficient (Wildman–Crippen LogP) is -4.83. The molecule has 3 heterocycles. The molecule has 0 saturated carbocycles. The molecule has 2 fully saturated rings. The number of H-pyrrole nitrogens is 1. The van der Waals surface area contributed by atoms with E-state index < -0.39 is 95.3 Å². The van der Waals surface area contributed by atoms with Gasteiger partial charge in [-0.05, 0) is 0 Å². The third-order valence-electron chi connectivity index (χ3n) is 5.23. The smallest absolute Gasteiger partial charge is 0.394 e. The summed E-state index contributed by atoms with van der Waals surface area (Å²) < 4.78 is 49.4. The third kappa shape index (κ3) is 6.54. The van der Waals surface area contributed by atoms with Crippen LogP contribution in [-0.4, -0.2) is 107 Å². The molecule has 3 rings (SSSR count). The minimum atomic E-state index is -5.59. The lowest BCUT2D eigenvalue weighted by molar-refractivity contribution is -0.243. The molecule has 36 heavy (non-hydrogen) atoms. The van der Waals surface area contributed by atoms with Crippen LogP contribution in [0.5, 0.6) is 0 Å². The van der Waals surface area contributed by atoms with E-state index in [-0.39, 0.29) is 0 Å². The summed E-state index contributed by atoms with van der Waals surface area (Å²) >= 11 is 0. The zero-order valence-corrected chi connectivity index (χ0v) is 19.8. The number of aromatic amines is 1. The lowest BCUT2D eigenvalue weighted by Crippen LogP contribution is -2.62. The van der Waals surface area contributed by atoms with Crippen molar-refractivity contribution in [1.29, 1.82) is 0 Å². The van der Waals surface area contributed by atoms with Gasteiger partial charge >= 0.3 is 21.3 Å². The molecule has 0 bridgehead atoms. The van der Waals surface area contributed by atoms with Crippen molar-refractivity contribution < 1.29 is 67.3 Å². The van der Waals surface area contributed by atoms with Crippen LogP contribution in [0.1, 0.15) is 6.23 Å². The molecule has 2 saturated heterocycles. The zero-order chi connectivity index (χ0) is 27.0. The summed E-state index contributed by atoms with van der Waals surface area (Å²) in [6.45, 7) is -1.87. The van der Waals surface area contributed by atoms with E-state index in [1.807, 2.05) is 4.98 Å². The summed E-state index contributed by atoms with van der Waals surface area (Å²) in [4.78, 5) is 43.4. The third-order valence-corrected chi connectivity index (χ3v) is 7.81. The number of nitrogens with two attached hydrogens (primary N) is 1. The molecule has 0 aliphatic carbocycles. The van der Waals surface area contributed by atoms with Gasteiger partial charge in [0.05, 0.1) is 19.3 Å². The number of hydrogen-bond donors (Lipinski definition) is 9. The first-order valence-corrected chi connectivity index (χ1v) is 13.1. The molecule has 21 heteroatoms. The van der Waals surface area contributed by atoms with Gasteiger partial charge in [0, 0.05) is 12.3 Å². The Morgan fingerprint density at radius 3 is 2.25 bits per heavy atom. The molecule has 2 aliphatic rings. The Kier molecular flexibility index (Phi) is 9.05. The molecule has 0 aromatic carbocycles. The van der Waals surface area contributed by atoms with E-state index in [1.165, 1.54) is 0 Å². The second-order valence-electron chi connectivity index (χ2n) is 7.77. The second kappa shape index (κ2) is 11.2. The topological polar surface area (TPSA) is 303 Å². The van der Waals surface area contributed by atoms with E-state index in [1.54, 1.807) is 0 Å². The fraction of sp³-hybridized carbons (Fsp3) is 0.733. The molecule has 0 amide bonds. The van der Waals surface area contributed by atoms with Crippen LogP contribution < -0.4 is 17.0 Å². The molecular weight excluding hydrogens is 540 g/mol. The molecule has 3 unspecified atom stereocenters. The van der Waals surface area contributed by atoms with Crippen LogP contribution in [-0.2, 0) is 32.0 Å². The van der Waals surface area contributed by atoms with Crippen molar-refractivity contribution in [3.63, 3.8) is 0 Å². The molecule has 10 atom stereocenters. The van der Waals surface area contributed by atoms with E-state index in [4.69, 9.17) is 34.0 Å². The van der Waals surface area contributed by atoms with Gasteiger partial charge in [-0.2, -0.15) is 4.31 Å². The Hall–Kier alpha value is -1.38. The summed E-state index contributed by atoms with van der Waals surface area (Å²) in [6.07, 6.45) is -12.7. The number of nitrogens with zero attached hydrogens (tertiary/aromatic N) is 1. The Balaban J connectivity index is 1.77. The number of aliphatic hydroxyl groups is 5. The minimum Gasteiger partial charge on any atom is -0.394 e. The summed E-state index contributed by atoms with van der Waals surface area (Å²) in [6, 6.07) is -0.728. The van der Waals surface area contributed by atoms with Gasteiger partial charge in [-0.15, -0.1) is 0 Å². The fourth-order valence-electron chi connectivity index (χ4n) is 3.42. The summed E-state index contributed by atoms with van der Waals surface area (Å²) in [5, 5.41) is 49.6. The van der Waals surface area contributed by atoms with E-state index in [2.05, 4.69) is 4.31 Å². The second-order valence-corrected chi connectivity index (χ2v) is 10.8. The monoisotopic (exact) mass is 565 g/mol. The molecular formula is C15H25N3O16P2. The Morgan fingerprint density at radius 2 is 1.67 bits per heavy atom. The quantitative estimate of drug-likeness (QED) is 0.127. The largest absolute Gasteiger partial charge is 0.486 e. The lowest BCUT2D eigenvalue weighted by Gasteiger charge is -2.40. The number of phosphoric ester groups is 1. The van der Waals surface area contributed by atoms with Crippen LogP contribution in [0.25, 0.3) is 0 Å². The molecule has 19 nitrogen and oxygen atoms in total. The first-order valence-electron chi connectivity index (χ1n) is 10.1. The van der Waals surface area contributed by atoms with Gasteiger partial charge in [-0.3, -0.25) is 23.4 Å². The number of rotatable bonds is 9. The van der Waals surface area contributed by atoms with Crippen LogP contribution in [0.3, 0.4) is 0 Å². The van der Waals surface area contributed by atoms with Gasteiger partial charge in [-0.1, -0.05) is 0 Å². The van der Waals surface area contributed by atoms with Crippen LogP contribution in [0.2, 0.25) is 0 Å². The molecule has 10 N–H and O–H groups in total. The summed E-state index contributed by atoms with van der Waals surface area (Å²) in [5.41, 5.74) is 3.90. The molecule has 1 aromatic heterocycles. The van der Waals surface area contributed by atoms with Crippen molar-refractivity contribution in [2.75, 3.05) is 13.2 Å². The van der Waals surface area contributed by atoms with E-state index in [0.29, 0.717) is 0 Å². The highest BCUT2D eigenvalue weighted by atomic mass is 31.3. The lowest BCUT2D eigenvalue weighted by atomic mass is 9.98. The highest BCUT2D eigenvalue weighted by molar-refractivity contribution is 7.61. The average Bonchev–Trinajstić information content (AvgIpc) is 3.05. The van der Waals surface area contributed by atoms with E-state index >= 15 is 0 Å². The SMILES string of the molecule is N[C@@H]1[C@H](OP(=O)(OC[C@@H]2O[C@H](n3ccc(=O)[nH]c3=O)C(O)C2O)OP(=O)(O)O)O[C@H](CO)[C@@H](O)[C@@H]1O. The Bertz CT molecular complexity index is 1120. The normalized spacial score (nSPS) is 37.1. The van der Waals surface area contributed by atoms with Crippen molar-refractivity contribution in [3.05, 3.63) is 33.1 Å². The summed E-state index contributed by atoms with van der Waals surface area (Å²) in [5.74, 6) is 0. The zero-order valence-electron chi connectivity index (χ0n) is 18.0. The van der Waals surface area contributed by atoms with Crippen LogP contribution in [0.15, 0.2) is 21.9 Å². The highest BCUT2D eigenvalue weighted by Crippen LogP contribution is 2.62. The number of phosphoric acid groups is 2. The predicted molar refractivity (Wildman–Crippen MR) is 111 cm³/mol. The van der Waals surface area contributed by atoms with Crippen molar-refractivity contribution in [2.24, 2.45) is 5.73 Å². The standard InChI is InChI=1S/C15H25N3O16P2/c16-8-11(23)9(21)5(3-19)32-14(8)33-36(29,34-35(26,27)28)30-4-6-10(22)12(24)13(31-6)18-2-1-7(20)17-15(18)25/h1-2,5-6,8-14,19,21-24H,3-4,16H2,(H,17,20,25)(H2,26,27,28)/t5-,6+,8+,9-,10?,11-,12?,13+,14+,36?/m1/s1. The maximum Gasteiger partial charge on any atom is 0.486 e. The van der Waals surface area contributed by atoms with Crippen molar-refractivity contribution in [3.8, 4) is 0 Å². The fourth-order valence-corrected chi connectivity index (χ4v) is 5.64. The number of hydrogen-bond acceptors (Lipinski definition) is 15. The van der Waals surface area contributed by atoms with Crippen LogP contribution >= 0.6 is 15.6 Å². The van der Waals surface area contributed by atoms with Gasteiger partial charge < -0.3 is 50.5 Å². The maximum atomic E-state index is 13.0. The molecule has 0 radical (unpaired) electrons. The number of aliphatic hydroxyl groups excluding tert-OH is 5. The molecule has 206 valence electrons. The minimum absolute atomic E-state index is 0.730.